The van der Waals surface area contributed by atoms with Crippen LogP contribution in [0.5, 0.6) is 0 Å². The quantitative estimate of drug-likeness (QED) is 0.101. The molecule has 0 bridgehead atoms. The number of aromatic nitrogens is 2. The van der Waals surface area contributed by atoms with Crippen LogP contribution in [0.15, 0.2) is 510 Å². The number of rotatable bonds is 14. The Morgan fingerprint density at radius 3 is 0.815 bits per heavy atom. The predicted molar refractivity (Wildman–Crippen MR) is 546 cm³/mol. The van der Waals surface area contributed by atoms with Crippen molar-refractivity contribution in [2.45, 2.75) is 10.8 Å². The number of nitrogens with zero attached hydrogens (tertiary/aromatic N) is 4. The molecule has 24 aromatic rings. The van der Waals surface area contributed by atoms with Gasteiger partial charge in [0.1, 0.15) is 0 Å². The lowest BCUT2D eigenvalue weighted by Gasteiger charge is -2.34. The summed E-state index contributed by atoms with van der Waals surface area (Å²) >= 11 is 0. The van der Waals surface area contributed by atoms with E-state index in [1.165, 1.54) is 176 Å². The highest BCUT2D eigenvalue weighted by atomic mass is 15.1. The number of para-hydroxylation sites is 4. The number of hydrogen-bond acceptors (Lipinski definition) is 2. The molecule has 608 valence electrons. The number of benzene rings is 22. The molecule has 4 nitrogen and oxygen atoms in total. The minimum Gasteiger partial charge on any atom is -0.310 e. The van der Waals surface area contributed by atoms with Gasteiger partial charge in [0.15, 0.2) is 0 Å². The number of hydrogen-bond donors (Lipinski definition) is 0. The molecule has 0 atom stereocenters. The molecule has 2 aliphatic rings. The van der Waals surface area contributed by atoms with Gasteiger partial charge in [-0.1, -0.05) is 388 Å². The molecule has 26 rings (SSSR count). The van der Waals surface area contributed by atoms with E-state index >= 15 is 0 Å². The first kappa shape index (κ1) is 75.6. The summed E-state index contributed by atoms with van der Waals surface area (Å²) < 4.78 is 4.76. The molecule has 0 amide bonds. The summed E-state index contributed by atoms with van der Waals surface area (Å²) in [5.74, 6) is 0. The summed E-state index contributed by atoms with van der Waals surface area (Å²) in [6.07, 6.45) is 0. The van der Waals surface area contributed by atoms with Gasteiger partial charge < -0.3 is 18.9 Å². The van der Waals surface area contributed by atoms with Crippen LogP contribution in [-0.2, 0) is 10.8 Å². The van der Waals surface area contributed by atoms with Gasteiger partial charge in [0.25, 0.3) is 0 Å². The minimum atomic E-state index is -0.461. The average Bonchev–Trinajstić information content (AvgIpc) is 1.54. The van der Waals surface area contributed by atoms with E-state index in [0.717, 1.165) is 45.5 Å². The number of fused-ring (bicyclic) bond motifs is 18. The Morgan fingerprint density at radius 1 is 0.154 bits per heavy atom. The predicted octanol–water partition coefficient (Wildman–Crippen LogP) is 33.2. The van der Waals surface area contributed by atoms with E-state index in [4.69, 9.17) is 0 Å². The molecule has 0 fully saturated rings. The van der Waals surface area contributed by atoms with Crippen molar-refractivity contribution in [1.82, 2.24) is 9.13 Å². The molecule has 0 spiro atoms. The van der Waals surface area contributed by atoms with Gasteiger partial charge in [-0.05, 0) is 253 Å². The van der Waals surface area contributed by atoms with E-state index in [-0.39, 0.29) is 0 Å². The van der Waals surface area contributed by atoms with Crippen molar-refractivity contribution in [3.63, 3.8) is 0 Å². The van der Waals surface area contributed by atoms with Crippen molar-refractivity contribution in [2.75, 3.05) is 9.80 Å². The van der Waals surface area contributed by atoms with Crippen LogP contribution in [0, 0.1) is 0 Å². The summed E-state index contributed by atoms with van der Waals surface area (Å²) in [4.78, 5) is 4.81. The van der Waals surface area contributed by atoms with Gasteiger partial charge in [-0.25, -0.2) is 0 Å². The van der Waals surface area contributed by atoms with Crippen LogP contribution < -0.4 is 9.80 Å². The lowest BCUT2D eigenvalue weighted by Crippen LogP contribution is -2.28. The van der Waals surface area contributed by atoms with Gasteiger partial charge in [0, 0.05) is 67.0 Å². The molecule has 2 aromatic heterocycles. The van der Waals surface area contributed by atoms with E-state index in [2.05, 4.69) is 529 Å². The Labute approximate surface area is 755 Å². The fraction of sp³-hybridized carbons (Fsp3) is 0.0159. The van der Waals surface area contributed by atoms with Crippen LogP contribution >= 0.6 is 0 Å². The first-order valence-electron chi connectivity index (χ1n) is 45.0. The van der Waals surface area contributed by atoms with Crippen molar-refractivity contribution in [3.05, 3.63) is 554 Å². The smallest absolute Gasteiger partial charge is 0.0713 e. The lowest BCUT2D eigenvalue weighted by atomic mass is 9.68. The molecule has 0 aliphatic heterocycles. The Bertz CT molecular complexity index is 8320. The Hall–Kier alpha value is -16.9. The van der Waals surface area contributed by atoms with Gasteiger partial charge in [-0.3, -0.25) is 0 Å². The van der Waals surface area contributed by atoms with E-state index in [0.29, 0.717) is 0 Å². The van der Waals surface area contributed by atoms with Crippen LogP contribution in [0.3, 0.4) is 0 Å². The first-order valence-corrected chi connectivity index (χ1v) is 45.0. The monoisotopic (exact) mass is 1650 g/mol. The van der Waals surface area contributed by atoms with Gasteiger partial charge >= 0.3 is 0 Å². The highest BCUT2D eigenvalue weighted by Gasteiger charge is 2.48. The molecule has 0 saturated heterocycles. The summed E-state index contributed by atoms with van der Waals surface area (Å²) in [6.45, 7) is 0. The van der Waals surface area contributed by atoms with Gasteiger partial charge in [-0.2, -0.15) is 0 Å². The molecular weight excluding hydrogens is 1570 g/mol. The topological polar surface area (TPSA) is 16.3 Å². The van der Waals surface area contributed by atoms with Crippen LogP contribution in [-0.4, -0.2) is 9.13 Å². The van der Waals surface area contributed by atoms with Crippen LogP contribution in [0.1, 0.15) is 44.5 Å². The largest absolute Gasteiger partial charge is 0.310 e. The lowest BCUT2D eigenvalue weighted by molar-refractivity contribution is 0.768. The maximum Gasteiger partial charge on any atom is 0.0713 e. The molecule has 22 aromatic carbocycles. The van der Waals surface area contributed by atoms with Gasteiger partial charge in [-0.15, -0.1) is 0 Å². The van der Waals surface area contributed by atoms with E-state index in [9.17, 15) is 0 Å². The molecule has 2 aliphatic carbocycles. The fourth-order valence-corrected chi connectivity index (χ4v) is 22.0. The Kier molecular flexibility index (Phi) is 18.0. The third-order valence-electron chi connectivity index (χ3n) is 27.7. The highest BCUT2D eigenvalue weighted by molar-refractivity contribution is 6.13. The third kappa shape index (κ3) is 12.1. The molecule has 2 heterocycles. The second kappa shape index (κ2) is 31.0. The van der Waals surface area contributed by atoms with Gasteiger partial charge in [0.05, 0.1) is 32.9 Å². The van der Waals surface area contributed by atoms with Crippen molar-refractivity contribution in [1.29, 1.82) is 0 Å². The van der Waals surface area contributed by atoms with Gasteiger partial charge in [0.2, 0.25) is 0 Å². The van der Waals surface area contributed by atoms with Crippen molar-refractivity contribution < 1.29 is 0 Å². The third-order valence-corrected chi connectivity index (χ3v) is 27.7. The minimum absolute atomic E-state index is 0.458. The molecule has 0 N–H and O–H groups in total. The van der Waals surface area contributed by atoms with Crippen LogP contribution in [0.25, 0.3) is 143 Å². The SMILES string of the molecule is c1ccc(C2(c3ccc(N(c4ccc(-c5ccc(-n6c7ccccc7c7ccccc76)cc5)cc4)c4ccc5c(ccc6ccccc65)c4)cc3)c3ccccc3-c3ccccc32)cc1.c1ccc(C2(c3ccc(N(c4ccc(-c5cccc(-n6c7ccccc7c7ccccc76)c5)cc4)c4ccc5c(ccc6ccccc65)c4)cc3)c3ccccc3-c3ccccc32)cc1. The van der Waals surface area contributed by atoms with E-state index in [1.54, 1.807) is 0 Å². The molecule has 0 unspecified atom stereocenters. The summed E-state index contributed by atoms with van der Waals surface area (Å²) in [5.41, 5.74) is 33.0. The Balaban J connectivity index is 0.000000140. The second-order valence-corrected chi connectivity index (χ2v) is 34.5. The molecule has 130 heavy (non-hydrogen) atoms. The molecular formula is C126H84N4. The Morgan fingerprint density at radius 2 is 0.431 bits per heavy atom. The molecule has 0 saturated carbocycles. The maximum atomic E-state index is 2.41. The summed E-state index contributed by atoms with van der Waals surface area (Å²) in [5, 5.41) is 15.0. The standard InChI is InChI=1S/2C63H42N2/c1-2-17-47(18-3-1)63(59-25-10-6-21-55(59)56-22-7-11-26-60(56)63)48-33-37-50(38-34-48)64(52-39-40-54-46(42-52)30-29-44-15-4-5-20-53(44)54)49-35-31-43(32-36-49)45-16-14-19-51(41-45)65-61-27-12-8-23-57(61)58-24-9-13-28-62(58)65;1-2-15-47(16-3-1)63(59-22-10-6-18-55(59)56-19-7-11-23-60(56)63)48-32-38-50(39-33-48)64(52-40-41-54-46(42-52)27-26-45-14-4-5-17-53(45)54)49-34-28-43(29-35-49)44-30-36-51(37-31-44)65-61-24-12-8-20-57(61)58-21-9-13-25-62(58)65/h2*1-42H. The molecule has 4 heteroatoms. The average molecular weight is 1650 g/mol. The first-order chi connectivity index (χ1) is 64.5. The van der Waals surface area contributed by atoms with E-state index in [1.807, 2.05) is 0 Å². The zero-order valence-corrected chi connectivity index (χ0v) is 71.3. The fourth-order valence-electron chi connectivity index (χ4n) is 22.0. The zero-order valence-electron chi connectivity index (χ0n) is 71.3. The summed E-state index contributed by atoms with van der Waals surface area (Å²) in [7, 11) is 0. The molecule has 0 radical (unpaired) electrons. The number of anilines is 6. The van der Waals surface area contributed by atoms with Crippen molar-refractivity contribution >= 4 is 121 Å². The van der Waals surface area contributed by atoms with Crippen LogP contribution in [0.4, 0.5) is 34.1 Å². The maximum absolute atomic E-state index is 2.41. The second-order valence-electron chi connectivity index (χ2n) is 34.5. The normalized spacial score (nSPS) is 12.7. The highest BCUT2D eigenvalue weighted by Crippen LogP contribution is 2.59. The zero-order chi connectivity index (χ0) is 85.8. The van der Waals surface area contributed by atoms with Crippen molar-refractivity contribution in [2.24, 2.45) is 0 Å². The van der Waals surface area contributed by atoms with E-state index < -0.39 is 10.8 Å². The summed E-state index contributed by atoms with van der Waals surface area (Å²) in [6, 6.07) is 188. The van der Waals surface area contributed by atoms with Crippen LogP contribution in [0.2, 0.25) is 0 Å². The van der Waals surface area contributed by atoms with Crippen molar-refractivity contribution in [3.8, 4) is 55.9 Å².